The summed E-state index contributed by atoms with van der Waals surface area (Å²) in [5.74, 6) is 0.693. The lowest BCUT2D eigenvalue weighted by Gasteiger charge is -2.43. The smallest absolute Gasteiger partial charge is 0.250 e. The van der Waals surface area contributed by atoms with Crippen LogP contribution in [0.4, 0.5) is 0 Å². The van der Waals surface area contributed by atoms with Crippen molar-refractivity contribution in [2.75, 3.05) is 6.61 Å². The van der Waals surface area contributed by atoms with Crippen molar-refractivity contribution >= 4 is 16.6 Å². The lowest BCUT2D eigenvalue weighted by molar-refractivity contribution is -0.277. The largest absolute Gasteiger partial charge is 0.543 e. The first-order valence-electron chi connectivity index (χ1n) is 11.9. The summed E-state index contributed by atoms with van der Waals surface area (Å²) < 4.78 is 25.8. The molecule has 1 N–H and O–H groups in total. The highest BCUT2D eigenvalue weighted by Crippen LogP contribution is 2.51. The number of aliphatic hydroxyl groups excluding tert-OH is 1. The average Bonchev–Trinajstić information content (AvgIpc) is 3.10. The van der Waals surface area contributed by atoms with Gasteiger partial charge in [0, 0.05) is 17.5 Å². The van der Waals surface area contributed by atoms with E-state index in [0.29, 0.717) is 19.6 Å². The molecule has 2 aliphatic heterocycles. The van der Waals surface area contributed by atoms with Gasteiger partial charge in [-0.15, -0.1) is 0 Å². The predicted molar refractivity (Wildman–Crippen MR) is 134 cm³/mol. The van der Waals surface area contributed by atoms with Crippen molar-refractivity contribution < 1.29 is 23.4 Å². The van der Waals surface area contributed by atoms with Crippen LogP contribution in [0.5, 0.6) is 11.5 Å². The second kappa shape index (κ2) is 8.12. The molecule has 1 unspecified atom stereocenters. The quantitative estimate of drug-likeness (QED) is 0.478. The molecule has 32 heavy (non-hydrogen) atoms. The topological polar surface area (TPSA) is 57.2 Å². The lowest BCUT2D eigenvalue weighted by Crippen LogP contribution is -2.46. The number of aliphatic hydroxyl groups is 1. The summed E-state index contributed by atoms with van der Waals surface area (Å²) in [5.41, 5.74) is 2.76. The number of benzene rings is 1. The van der Waals surface area contributed by atoms with Crippen LogP contribution < -0.4 is 8.85 Å². The minimum atomic E-state index is -2.13. The van der Waals surface area contributed by atoms with Crippen molar-refractivity contribution in [2.24, 2.45) is 0 Å². The zero-order valence-corrected chi connectivity index (χ0v) is 24.1. The fourth-order valence-corrected chi connectivity index (χ4v) is 5.92. The third kappa shape index (κ3) is 4.43. The van der Waals surface area contributed by atoms with Gasteiger partial charge in [-0.3, -0.25) is 0 Å². The Balaban J connectivity index is 2.17. The van der Waals surface area contributed by atoms with Gasteiger partial charge in [0.15, 0.2) is 5.79 Å². The van der Waals surface area contributed by atoms with E-state index in [1.807, 2.05) is 6.07 Å². The van der Waals surface area contributed by atoms with Crippen LogP contribution in [0, 0.1) is 6.92 Å². The Kier molecular flexibility index (Phi) is 6.53. The Bertz CT molecular complexity index is 859. The van der Waals surface area contributed by atoms with E-state index in [1.54, 1.807) is 0 Å². The SMILES string of the molecule is Cc1c(O[Si](C)(C)C(C)(C)C)cc2c(c1O[Si](C)(C)C(C)(C)C)CO[C@]1(CCCO1)C2O. The van der Waals surface area contributed by atoms with Gasteiger partial charge in [0.25, 0.3) is 8.32 Å². The number of hydrogen-bond acceptors (Lipinski definition) is 5. The van der Waals surface area contributed by atoms with Crippen LogP contribution in [0.1, 0.15) is 77.2 Å². The number of rotatable bonds is 4. The monoisotopic (exact) mass is 480 g/mol. The van der Waals surface area contributed by atoms with Gasteiger partial charge in [0.2, 0.25) is 8.32 Å². The first-order valence-corrected chi connectivity index (χ1v) is 17.7. The van der Waals surface area contributed by atoms with E-state index in [9.17, 15) is 5.11 Å². The molecular formula is C25H44O5Si2. The van der Waals surface area contributed by atoms with Crippen LogP contribution in [0.25, 0.3) is 0 Å². The molecule has 2 heterocycles. The molecule has 0 amide bonds. The third-order valence-corrected chi connectivity index (χ3v) is 16.8. The minimum Gasteiger partial charge on any atom is -0.543 e. The Morgan fingerprint density at radius 2 is 1.53 bits per heavy atom. The van der Waals surface area contributed by atoms with E-state index in [2.05, 4.69) is 74.7 Å². The molecule has 0 aromatic heterocycles. The van der Waals surface area contributed by atoms with Crippen molar-refractivity contribution in [1.82, 2.24) is 0 Å². The maximum absolute atomic E-state index is 11.4. The molecule has 7 heteroatoms. The van der Waals surface area contributed by atoms with Crippen LogP contribution in [0.3, 0.4) is 0 Å². The molecule has 1 spiro atoms. The van der Waals surface area contributed by atoms with Gasteiger partial charge in [0.05, 0.1) is 13.2 Å². The summed E-state index contributed by atoms with van der Waals surface area (Å²) in [6.45, 7) is 25.5. The average molecular weight is 481 g/mol. The fraction of sp³-hybridized carbons (Fsp3) is 0.760. The molecule has 1 fully saturated rings. The van der Waals surface area contributed by atoms with E-state index in [0.717, 1.165) is 34.6 Å². The van der Waals surface area contributed by atoms with Gasteiger partial charge in [0.1, 0.15) is 17.6 Å². The van der Waals surface area contributed by atoms with Crippen LogP contribution in [-0.4, -0.2) is 34.1 Å². The fourth-order valence-electron chi connectivity index (χ4n) is 3.75. The molecule has 1 aromatic rings. The summed E-state index contributed by atoms with van der Waals surface area (Å²) in [7, 11) is -4.22. The molecule has 0 radical (unpaired) electrons. The molecule has 0 saturated carbocycles. The van der Waals surface area contributed by atoms with Crippen molar-refractivity contribution in [3.8, 4) is 11.5 Å². The second-order valence-corrected chi connectivity index (χ2v) is 22.0. The summed E-state index contributed by atoms with van der Waals surface area (Å²) in [6, 6.07) is 2.03. The maximum Gasteiger partial charge on any atom is 0.250 e. The van der Waals surface area contributed by atoms with Crippen molar-refractivity contribution in [3.63, 3.8) is 0 Å². The van der Waals surface area contributed by atoms with E-state index >= 15 is 0 Å². The highest BCUT2D eigenvalue weighted by molar-refractivity contribution is 6.75. The minimum absolute atomic E-state index is 0.0482. The maximum atomic E-state index is 11.4. The molecule has 2 atom stereocenters. The van der Waals surface area contributed by atoms with Gasteiger partial charge in [-0.2, -0.15) is 0 Å². The molecule has 1 saturated heterocycles. The van der Waals surface area contributed by atoms with Gasteiger partial charge in [-0.25, -0.2) is 0 Å². The highest BCUT2D eigenvalue weighted by Gasteiger charge is 2.50. The number of ether oxygens (including phenoxy) is 2. The standard InChI is InChI=1S/C25H44O5Si2/c1-17-20(29-31(8,9)23(2,3)4)15-18-19(21(17)30-32(10,11)24(5,6)7)16-28-25(22(18)26)13-12-14-27-25/h15,22,26H,12-14,16H2,1-11H3/t22?,25-/m1/s1. The van der Waals surface area contributed by atoms with Crippen molar-refractivity contribution in [3.05, 3.63) is 22.8 Å². The van der Waals surface area contributed by atoms with Crippen LogP contribution in [0.15, 0.2) is 6.07 Å². The molecule has 1 aromatic carbocycles. The molecule has 0 bridgehead atoms. The molecule has 0 aliphatic carbocycles. The van der Waals surface area contributed by atoms with E-state index in [4.69, 9.17) is 18.3 Å². The zero-order chi connectivity index (χ0) is 24.3. The first-order chi connectivity index (χ1) is 14.4. The highest BCUT2D eigenvalue weighted by atomic mass is 28.4. The Morgan fingerprint density at radius 1 is 0.969 bits per heavy atom. The molecular weight excluding hydrogens is 436 g/mol. The van der Waals surface area contributed by atoms with Crippen LogP contribution in [-0.2, 0) is 16.1 Å². The second-order valence-electron chi connectivity index (χ2n) is 12.6. The molecule has 2 aliphatic rings. The number of fused-ring (bicyclic) bond motifs is 1. The Hall–Kier alpha value is -0.866. The molecule has 3 rings (SSSR count). The lowest BCUT2D eigenvalue weighted by atomic mass is 9.90. The van der Waals surface area contributed by atoms with Gasteiger partial charge >= 0.3 is 0 Å². The van der Waals surface area contributed by atoms with Crippen LogP contribution >= 0.6 is 0 Å². The Morgan fingerprint density at radius 3 is 2.03 bits per heavy atom. The van der Waals surface area contributed by atoms with E-state index in [-0.39, 0.29) is 10.1 Å². The predicted octanol–water partition coefficient (Wildman–Crippen LogP) is 6.83. The van der Waals surface area contributed by atoms with Gasteiger partial charge in [-0.1, -0.05) is 41.5 Å². The zero-order valence-electron chi connectivity index (χ0n) is 22.1. The normalized spacial score (nSPS) is 24.6. The summed E-state index contributed by atoms with van der Waals surface area (Å²) in [5, 5.41) is 11.5. The first kappa shape index (κ1) is 25.8. The van der Waals surface area contributed by atoms with Crippen molar-refractivity contribution in [1.29, 1.82) is 0 Å². The van der Waals surface area contributed by atoms with E-state index in [1.165, 1.54) is 0 Å². The van der Waals surface area contributed by atoms with E-state index < -0.39 is 28.5 Å². The molecule has 5 nitrogen and oxygen atoms in total. The van der Waals surface area contributed by atoms with Crippen LogP contribution in [0.2, 0.25) is 36.3 Å². The Labute approximate surface area is 197 Å². The van der Waals surface area contributed by atoms with Crippen molar-refractivity contribution in [2.45, 2.75) is 116 Å². The summed E-state index contributed by atoms with van der Waals surface area (Å²) >= 11 is 0. The summed E-state index contributed by atoms with van der Waals surface area (Å²) in [4.78, 5) is 0. The molecule has 182 valence electrons. The van der Waals surface area contributed by atoms with Gasteiger partial charge < -0.3 is 23.4 Å². The third-order valence-electron chi connectivity index (χ3n) is 8.14. The number of hydrogen-bond donors (Lipinski definition) is 1. The van der Waals surface area contributed by atoms with Gasteiger partial charge in [-0.05, 0) is 61.2 Å². The summed E-state index contributed by atoms with van der Waals surface area (Å²) in [6.07, 6.45) is 0.718.